The van der Waals surface area contributed by atoms with E-state index in [0.717, 1.165) is 5.57 Å². The van der Waals surface area contributed by atoms with Crippen LogP contribution in [-0.4, -0.2) is 131 Å². The van der Waals surface area contributed by atoms with Crippen LogP contribution >= 0.6 is 0 Å². The highest BCUT2D eigenvalue weighted by Gasteiger charge is 2.53. The molecule has 2 unspecified atom stereocenters. The molecule has 372 valence electrons. The van der Waals surface area contributed by atoms with Crippen molar-refractivity contribution >= 4 is 29.2 Å². The first-order valence-corrected chi connectivity index (χ1v) is 24.3. The molecular weight excluding hydrogens is 847 g/mol. The van der Waals surface area contributed by atoms with E-state index in [9.17, 15) is 39.3 Å². The summed E-state index contributed by atoms with van der Waals surface area (Å²) in [4.78, 5) is 72.4. The zero-order valence-electron chi connectivity index (χ0n) is 41.5. The monoisotopic (exact) mass is 928 g/mol. The van der Waals surface area contributed by atoms with Crippen LogP contribution in [0.4, 0.5) is 0 Å². The van der Waals surface area contributed by atoms with Crippen LogP contribution in [-0.2, 0) is 47.7 Å². The lowest BCUT2D eigenvalue weighted by molar-refractivity contribution is -0.265. The molecule has 4 aliphatic rings. The van der Waals surface area contributed by atoms with E-state index in [1.54, 1.807) is 48.0 Å². The van der Waals surface area contributed by atoms with Crippen molar-refractivity contribution in [2.45, 2.75) is 186 Å². The standard InChI is InChI=1S/C52H81NO13/c1-31-17-13-12-14-18-32(2)43(62-9)29-39-22-20-36(6)52(61,65-39)48(58)49(59)53-24-16-15-19-40(53)50(60)66-51(8,37(7)27-38-21-23-41(54)44(28-38)63-10)30-42(55)33(3)26-35(5)46(57)47(64-11)45(56)34(4)25-31/h12-14,17-18,26,31,33-34,36-41,43-44,46-47,54,57,61H,15-16,19-25,27-30H2,1-11H3/b14-12?,17-13+,32-18?,35-26+/t31-,33-,34-,36-,37-,38+,39?,40?,41-,43+,44-,46-,47+,51+,52-/m1/s1. The number of esters is 1. The minimum atomic E-state index is -2.44. The summed E-state index contributed by atoms with van der Waals surface area (Å²) in [7, 11) is 4.52. The van der Waals surface area contributed by atoms with E-state index < -0.39 is 89.3 Å². The maximum atomic E-state index is 14.6. The number of aliphatic hydroxyl groups excluding tert-OH is 2. The summed E-state index contributed by atoms with van der Waals surface area (Å²) in [5.74, 6) is -8.11. The molecule has 1 aliphatic carbocycles. The molecule has 2 saturated heterocycles. The number of methoxy groups -OCH3 is 3. The van der Waals surface area contributed by atoms with Crippen molar-refractivity contribution < 1.29 is 63.0 Å². The Morgan fingerprint density at radius 3 is 2.23 bits per heavy atom. The van der Waals surface area contributed by atoms with Crippen molar-refractivity contribution in [1.82, 2.24) is 4.90 Å². The van der Waals surface area contributed by atoms with Crippen molar-refractivity contribution in [3.63, 3.8) is 0 Å². The fourth-order valence-corrected chi connectivity index (χ4v) is 10.3. The van der Waals surface area contributed by atoms with Gasteiger partial charge in [-0.3, -0.25) is 19.2 Å². The number of hydrogen-bond acceptors (Lipinski definition) is 13. The molecule has 15 atom stereocenters. The molecule has 0 aromatic heterocycles. The SMILES string of the molecule is CO[C@H]1CC2CC[C@@H](C)[C@@](O)(O2)C(=O)C(=O)N2CCCCC2C(=O)O[C@](C)([C@H](C)C[C@@H]2CC[C@@H](O)[C@H](OC)C2)CC(=O)[C@H](C)/C=C(\C)[C@@H](O)[C@@H](OC)C(=O)[C@H](C)C[C@H](C)/C=C/C=CC=C1C. The van der Waals surface area contributed by atoms with E-state index in [0.29, 0.717) is 69.8 Å². The van der Waals surface area contributed by atoms with Gasteiger partial charge < -0.3 is 43.9 Å². The molecule has 14 heteroatoms. The molecule has 1 amide bonds. The van der Waals surface area contributed by atoms with Crippen molar-refractivity contribution in [3.8, 4) is 0 Å². The Balaban J connectivity index is 1.73. The van der Waals surface area contributed by atoms with Crippen molar-refractivity contribution in [3.05, 3.63) is 47.6 Å². The molecule has 0 aromatic carbocycles. The second kappa shape index (κ2) is 24.8. The number of rotatable bonds is 6. The third kappa shape index (κ3) is 13.9. The van der Waals surface area contributed by atoms with E-state index in [4.69, 9.17) is 23.7 Å². The minimum Gasteiger partial charge on any atom is -0.457 e. The number of carbonyl (C=O) groups is 5. The zero-order chi connectivity index (χ0) is 49.1. The van der Waals surface area contributed by atoms with Gasteiger partial charge in [0, 0.05) is 58.5 Å². The lowest BCUT2D eigenvalue weighted by atomic mass is 9.74. The van der Waals surface area contributed by atoms with Gasteiger partial charge in [0.1, 0.15) is 29.6 Å². The van der Waals surface area contributed by atoms with Gasteiger partial charge in [0.15, 0.2) is 5.78 Å². The van der Waals surface area contributed by atoms with Crippen LogP contribution in [0.2, 0.25) is 0 Å². The molecule has 0 spiro atoms. The molecule has 1 saturated carbocycles. The van der Waals surface area contributed by atoms with Crippen LogP contribution < -0.4 is 0 Å². The van der Waals surface area contributed by atoms with Gasteiger partial charge in [-0.25, -0.2) is 4.79 Å². The van der Waals surface area contributed by atoms with E-state index in [1.807, 2.05) is 58.1 Å². The first kappa shape index (κ1) is 55.2. The average Bonchev–Trinajstić information content (AvgIpc) is 3.28. The smallest absolute Gasteiger partial charge is 0.329 e. The van der Waals surface area contributed by atoms with Crippen LogP contribution in [0.25, 0.3) is 0 Å². The number of ether oxygens (including phenoxy) is 5. The Morgan fingerprint density at radius 2 is 1.56 bits per heavy atom. The maximum absolute atomic E-state index is 14.6. The Hall–Kier alpha value is -3.37. The highest BCUT2D eigenvalue weighted by Crippen LogP contribution is 2.40. The Morgan fingerprint density at radius 1 is 0.848 bits per heavy atom. The maximum Gasteiger partial charge on any atom is 0.329 e. The van der Waals surface area contributed by atoms with Crippen LogP contribution in [0.5, 0.6) is 0 Å². The number of cyclic esters (lactones) is 1. The number of ketones is 3. The second-order valence-electron chi connectivity index (χ2n) is 20.2. The molecule has 2 bridgehead atoms. The Kier molecular flexibility index (Phi) is 20.7. The van der Waals surface area contributed by atoms with Gasteiger partial charge >= 0.3 is 5.97 Å². The number of aliphatic hydroxyl groups is 3. The summed E-state index contributed by atoms with van der Waals surface area (Å²) >= 11 is 0. The summed E-state index contributed by atoms with van der Waals surface area (Å²) in [6.07, 6.45) is 11.9. The number of allylic oxidation sites excluding steroid dienone is 6. The molecule has 66 heavy (non-hydrogen) atoms. The molecule has 3 fully saturated rings. The Bertz CT molecular complexity index is 1810. The fourth-order valence-electron chi connectivity index (χ4n) is 10.3. The van der Waals surface area contributed by atoms with E-state index in [2.05, 4.69) is 0 Å². The van der Waals surface area contributed by atoms with Crippen LogP contribution in [0.1, 0.15) is 132 Å². The highest BCUT2D eigenvalue weighted by atomic mass is 16.6. The summed E-state index contributed by atoms with van der Waals surface area (Å²) < 4.78 is 29.6. The van der Waals surface area contributed by atoms with Crippen LogP contribution in [0, 0.1) is 35.5 Å². The van der Waals surface area contributed by atoms with Gasteiger partial charge in [0.25, 0.3) is 11.7 Å². The molecule has 3 N–H and O–H groups in total. The molecule has 3 aliphatic heterocycles. The highest BCUT2D eigenvalue weighted by molar-refractivity contribution is 6.39. The number of carbonyl (C=O) groups excluding carboxylic acids is 5. The topological polar surface area (TPSA) is 195 Å². The fraction of sp³-hybridized carbons (Fsp3) is 0.750. The number of fused-ring (bicyclic) bond motifs is 3. The van der Waals surface area contributed by atoms with Gasteiger partial charge in [-0.05, 0) is 114 Å². The first-order chi connectivity index (χ1) is 31.1. The number of nitrogens with zero attached hydrogens (tertiary/aromatic N) is 1. The van der Waals surface area contributed by atoms with Gasteiger partial charge in [0.2, 0.25) is 5.79 Å². The van der Waals surface area contributed by atoms with Gasteiger partial charge in [-0.15, -0.1) is 0 Å². The van der Waals surface area contributed by atoms with E-state index in [1.165, 1.54) is 12.0 Å². The lowest BCUT2D eigenvalue weighted by Gasteiger charge is -2.43. The zero-order valence-corrected chi connectivity index (χ0v) is 41.5. The average molecular weight is 928 g/mol. The normalized spacial score (nSPS) is 39.8. The number of amides is 1. The third-order valence-electron chi connectivity index (χ3n) is 15.1. The van der Waals surface area contributed by atoms with Crippen LogP contribution in [0.15, 0.2) is 47.6 Å². The summed E-state index contributed by atoms with van der Waals surface area (Å²) in [5, 5.41) is 34.0. The summed E-state index contributed by atoms with van der Waals surface area (Å²) in [6.45, 7) is 14.5. The summed E-state index contributed by atoms with van der Waals surface area (Å²) in [5.41, 5.74) is -0.131. The summed E-state index contributed by atoms with van der Waals surface area (Å²) in [6, 6.07) is -1.16. The Labute approximate surface area is 393 Å². The number of hydrogen-bond donors (Lipinski definition) is 3. The van der Waals surface area contributed by atoms with Gasteiger partial charge in [-0.2, -0.15) is 0 Å². The van der Waals surface area contributed by atoms with Crippen molar-refractivity contribution in [1.29, 1.82) is 0 Å². The van der Waals surface area contributed by atoms with Crippen LogP contribution in [0.3, 0.4) is 0 Å². The van der Waals surface area contributed by atoms with Gasteiger partial charge in [0.05, 0.1) is 24.4 Å². The largest absolute Gasteiger partial charge is 0.457 e. The predicted molar refractivity (Wildman–Crippen MR) is 250 cm³/mol. The van der Waals surface area contributed by atoms with Crippen molar-refractivity contribution in [2.75, 3.05) is 27.9 Å². The quantitative estimate of drug-likeness (QED) is 0.147. The second-order valence-corrected chi connectivity index (χ2v) is 20.2. The molecular formula is C52H81NO13. The molecule has 4 rings (SSSR count). The van der Waals surface area contributed by atoms with Crippen molar-refractivity contribution in [2.24, 2.45) is 35.5 Å². The molecule has 0 aromatic rings. The van der Waals surface area contributed by atoms with E-state index >= 15 is 0 Å². The van der Waals surface area contributed by atoms with E-state index in [-0.39, 0.29) is 48.9 Å². The molecule has 0 radical (unpaired) electrons. The number of Topliss-reactive ketones (excluding diaryl/α,β-unsaturated/α-hetero) is 3. The first-order valence-electron chi connectivity index (χ1n) is 24.3. The molecule has 3 heterocycles. The molecule has 14 nitrogen and oxygen atoms in total. The predicted octanol–water partition coefficient (Wildman–Crippen LogP) is 6.57. The third-order valence-corrected chi connectivity index (χ3v) is 15.1. The minimum absolute atomic E-state index is 0.0159. The van der Waals surface area contributed by atoms with Gasteiger partial charge in [-0.1, -0.05) is 71.1 Å². The lowest BCUT2D eigenvalue weighted by Crippen LogP contribution is -2.61. The number of piperidine rings is 1.